The first-order chi connectivity index (χ1) is 15.9. The third-order valence-electron chi connectivity index (χ3n) is 4.95. The van der Waals surface area contributed by atoms with Gasteiger partial charge in [0.25, 0.3) is 20.2 Å². The first kappa shape index (κ1) is 23.3. The Kier molecular flexibility index (Phi) is 5.57. The summed E-state index contributed by atoms with van der Waals surface area (Å²) in [7, 11) is -9.64. The zero-order valence-electron chi connectivity index (χ0n) is 16.8. The fraction of sp³-hybridized carbons (Fsp3) is 0. The van der Waals surface area contributed by atoms with Gasteiger partial charge in [-0.2, -0.15) is 21.9 Å². The molecule has 0 unspecified atom stereocenters. The minimum Gasteiger partial charge on any atom is -0.505 e. The van der Waals surface area contributed by atoms with Gasteiger partial charge in [-0.1, -0.05) is 36.4 Å². The van der Waals surface area contributed by atoms with Crippen molar-refractivity contribution >= 4 is 59.1 Å². The molecule has 0 atom stereocenters. The van der Waals surface area contributed by atoms with Gasteiger partial charge in [-0.25, -0.2) is 4.79 Å². The number of fused-ring (bicyclic) bond motifs is 2. The Bertz CT molecular complexity index is 1750. The van der Waals surface area contributed by atoms with Gasteiger partial charge in [0.05, 0.1) is 5.69 Å². The molecule has 0 amide bonds. The highest BCUT2D eigenvalue weighted by Gasteiger charge is 2.22. The molecule has 0 aliphatic heterocycles. The van der Waals surface area contributed by atoms with Gasteiger partial charge >= 0.3 is 5.97 Å². The number of carbonyl (C=O) groups is 1. The highest BCUT2D eigenvalue weighted by atomic mass is 32.2. The van der Waals surface area contributed by atoms with Crippen molar-refractivity contribution in [3.05, 3.63) is 66.2 Å². The van der Waals surface area contributed by atoms with E-state index < -0.39 is 47.3 Å². The Hall–Kier alpha value is -3.91. The summed E-state index contributed by atoms with van der Waals surface area (Å²) in [5.41, 5.74) is -0.939. The monoisotopic (exact) mass is 502 g/mol. The largest absolute Gasteiger partial charge is 0.505 e. The van der Waals surface area contributed by atoms with E-state index >= 15 is 0 Å². The van der Waals surface area contributed by atoms with Gasteiger partial charge < -0.3 is 10.2 Å². The van der Waals surface area contributed by atoms with E-state index in [1.807, 2.05) is 0 Å². The molecule has 4 N–H and O–H groups in total. The van der Waals surface area contributed by atoms with Crippen LogP contribution in [-0.4, -0.2) is 42.1 Å². The molecule has 0 bridgehead atoms. The molecule has 11 nitrogen and oxygen atoms in total. The Balaban J connectivity index is 2.02. The van der Waals surface area contributed by atoms with Crippen LogP contribution >= 0.6 is 0 Å². The normalized spacial score (nSPS) is 12.5. The van der Waals surface area contributed by atoms with Crippen LogP contribution in [-0.2, 0) is 20.2 Å². The lowest BCUT2D eigenvalue weighted by atomic mass is 10.0. The molecule has 4 aromatic carbocycles. The number of hydrogen-bond donors (Lipinski definition) is 4. The van der Waals surface area contributed by atoms with E-state index in [-0.39, 0.29) is 22.1 Å². The standard InChI is InChI=1S/C21H14N2O9S2/c24-20-16(21(25)26)8-11-4-1-2-5-13(11)19(20)23-22-12-9-15-14(18(10-12)34(30,31)32)6-3-7-17(15)33(27,28)29/h1-10,24H,(H,25,26)(H,27,28,29)(H,30,31,32). The van der Waals surface area contributed by atoms with E-state index in [9.17, 15) is 40.9 Å². The highest BCUT2D eigenvalue weighted by Crippen LogP contribution is 2.40. The molecule has 0 aliphatic carbocycles. The van der Waals surface area contributed by atoms with Crippen LogP contribution in [0.4, 0.5) is 11.4 Å². The van der Waals surface area contributed by atoms with Crippen LogP contribution in [0.3, 0.4) is 0 Å². The molecule has 0 aromatic heterocycles. The average Bonchev–Trinajstić information content (AvgIpc) is 2.75. The molecule has 0 radical (unpaired) electrons. The molecule has 0 fully saturated rings. The number of nitrogens with zero attached hydrogens (tertiary/aromatic N) is 2. The van der Waals surface area contributed by atoms with Crippen LogP contribution in [0.2, 0.25) is 0 Å². The Morgan fingerprint density at radius 1 is 0.735 bits per heavy atom. The zero-order valence-corrected chi connectivity index (χ0v) is 18.4. The Labute approximate surface area is 192 Å². The van der Waals surface area contributed by atoms with E-state index in [1.54, 1.807) is 24.3 Å². The maximum atomic E-state index is 11.9. The van der Waals surface area contributed by atoms with Crippen molar-refractivity contribution in [3.63, 3.8) is 0 Å². The summed E-state index contributed by atoms with van der Waals surface area (Å²) >= 11 is 0. The lowest BCUT2D eigenvalue weighted by Gasteiger charge is -2.09. The number of aromatic carboxylic acids is 1. The number of hydrogen-bond acceptors (Lipinski definition) is 8. The summed E-state index contributed by atoms with van der Waals surface area (Å²) in [6, 6.07) is 13.1. The molecule has 174 valence electrons. The number of azo groups is 1. The Morgan fingerprint density at radius 2 is 1.38 bits per heavy atom. The molecular weight excluding hydrogens is 488 g/mol. The van der Waals surface area contributed by atoms with Crippen LogP contribution in [0.1, 0.15) is 10.4 Å². The zero-order chi connectivity index (χ0) is 24.8. The summed E-state index contributed by atoms with van der Waals surface area (Å²) in [5, 5.41) is 27.9. The number of aromatic hydroxyl groups is 1. The van der Waals surface area contributed by atoms with Crippen molar-refractivity contribution in [2.75, 3.05) is 0 Å². The molecular formula is C21H14N2O9S2. The quantitative estimate of drug-likeness (QED) is 0.227. The molecule has 0 aliphatic rings. The van der Waals surface area contributed by atoms with E-state index in [0.29, 0.717) is 10.8 Å². The van der Waals surface area contributed by atoms with Gasteiger partial charge in [0.15, 0.2) is 5.75 Å². The summed E-state index contributed by atoms with van der Waals surface area (Å²) in [5.74, 6) is -2.11. The van der Waals surface area contributed by atoms with Gasteiger partial charge in [0, 0.05) is 16.2 Å². The number of carboxylic acid groups (broad SMARTS) is 1. The summed E-state index contributed by atoms with van der Waals surface area (Å²) in [4.78, 5) is 10.2. The summed E-state index contributed by atoms with van der Waals surface area (Å²) < 4.78 is 66.7. The number of phenols is 1. The molecule has 34 heavy (non-hydrogen) atoms. The van der Waals surface area contributed by atoms with Gasteiger partial charge in [0.2, 0.25) is 0 Å². The lowest BCUT2D eigenvalue weighted by Crippen LogP contribution is -2.03. The predicted octanol–water partition coefficient (Wildman–Crippen LogP) is 4.31. The van der Waals surface area contributed by atoms with E-state index in [4.69, 9.17) is 0 Å². The average molecular weight is 502 g/mol. The topological polar surface area (TPSA) is 191 Å². The lowest BCUT2D eigenvalue weighted by molar-refractivity contribution is 0.0694. The van der Waals surface area contributed by atoms with Crippen LogP contribution < -0.4 is 0 Å². The van der Waals surface area contributed by atoms with Crippen LogP contribution in [0.25, 0.3) is 21.5 Å². The fourth-order valence-electron chi connectivity index (χ4n) is 3.49. The van der Waals surface area contributed by atoms with Crippen LogP contribution in [0, 0.1) is 0 Å². The first-order valence-corrected chi connectivity index (χ1v) is 12.2. The SMILES string of the molecule is O=C(O)c1cc2ccccc2c(N=Nc2cc(S(=O)(=O)O)c3cccc(S(=O)(=O)O)c3c2)c1O. The highest BCUT2D eigenvalue weighted by molar-refractivity contribution is 7.86. The third-order valence-corrected chi connectivity index (χ3v) is 6.76. The van der Waals surface area contributed by atoms with Gasteiger partial charge in [-0.05, 0) is 29.7 Å². The van der Waals surface area contributed by atoms with Gasteiger partial charge in [0.1, 0.15) is 21.0 Å². The molecule has 0 saturated carbocycles. The second-order valence-electron chi connectivity index (χ2n) is 7.09. The predicted molar refractivity (Wildman–Crippen MR) is 120 cm³/mol. The number of rotatable bonds is 5. The van der Waals surface area contributed by atoms with Crippen LogP contribution in [0.15, 0.2) is 80.7 Å². The van der Waals surface area contributed by atoms with Crippen molar-refractivity contribution in [1.29, 1.82) is 0 Å². The van der Waals surface area contributed by atoms with E-state index in [1.165, 1.54) is 18.2 Å². The minimum absolute atomic E-state index is 0.197. The number of benzene rings is 4. The summed E-state index contributed by atoms with van der Waals surface area (Å²) in [6.07, 6.45) is 0. The minimum atomic E-state index is -4.86. The second-order valence-corrected chi connectivity index (χ2v) is 9.87. The molecule has 0 saturated heterocycles. The van der Waals surface area contributed by atoms with Gasteiger partial charge in [-0.3, -0.25) is 9.11 Å². The van der Waals surface area contributed by atoms with Crippen LogP contribution in [0.5, 0.6) is 5.75 Å². The molecule has 0 spiro atoms. The molecule has 4 rings (SSSR count). The fourth-order valence-corrected chi connectivity index (χ4v) is 4.92. The van der Waals surface area contributed by atoms with Crippen molar-refractivity contribution in [3.8, 4) is 5.75 Å². The second kappa shape index (κ2) is 8.14. The molecule has 13 heteroatoms. The Morgan fingerprint density at radius 3 is 2.03 bits per heavy atom. The molecule has 4 aromatic rings. The molecule has 0 heterocycles. The van der Waals surface area contributed by atoms with E-state index in [0.717, 1.165) is 18.2 Å². The van der Waals surface area contributed by atoms with Gasteiger partial charge in [-0.15, -0.1) is 5.11 Å². The van der Waals surface area contributed by atoms with E-state index in [2.05, 4.69) is 10.2 Å². The number of carboxylic acids is 1. The maximum Gasteiger partial charge on any atom is 0.339 e. The van der Waals surface area contributed by atoms with Crippen molar-refractivity contribution < 1.29 is 40.9 Å². The van der Waals surface area contributed by atoms with Crippen molar-refractivity contribution in [2.45, 2.75) is 9.79 Å². The smallest absolute Gasteiger partial charge is 0.339 e. The first-order valence-electron chi connectivity index (χ1n) is 9.29. The third kappa shape index (κ3) is 4.20. The van der Waals surface area contributed by atoms with Crippen molar-refractivity contribution in [2.24, 2.45) is 10.2 Å². The van der Waals surface area contributed by atoms with Crippen molar-refractivity contribution in [1.82, 2.24) is 0 Å². The summed E-state index contributed by atoms with van der Waals surface area (Å²) in [6.45, 7) is 0. The maximum absolute atomic E-state index is 11.9.